The molecule has 2 aromatic heterocycles. The highest BCUT2D eigenvalue weighted by molar-refractivity contribution is 6.06. The fraction of sp³-hybridized carbons (Fsp3) is 0.0714. The number of aromatic nitrogens is 2. The topological polar surface area (TPSA) is 42.9 Å². The maximum absolute atomic E-state index is 11.8. The van der Waals surface area contributed by atoms with E-state index in [0.29, 0.717) is 5.56 Å². The van der Waals surface area contributed by atoms with Crippen molar-refractivity contribution < 1.29 is 4.79 Å². The van der Waals surface area contributed by atoms with E-state index in [9.17, 15) is 4.79 Å². The van der Waals surface area contributed by atoms with Crippen molar-refractivity contribution in [1.29, 1.82) is 0 Å². The van der Waals surface area contributed by atoms with E-state index in [1.54, 1.807) is 42.9 Å². The van der Waals surface area contributed by atoms with Gasteiger partial charge in [0.2, 0.25) is 0 Å². The molecule has 2 heterocycles. The van der Waals surface area contributed by atoms with E-state index < -0.39 is 0 Å². The fourth-order valence-corrected chi connectivity index (χ4v) is 1.46. The van der Waals surface area contributed by atoms with Crippen molar-refractivity contribution in [3.8, 4) is 0 Å². The van der Waals surface area contributed by atoms with Gasteiger partial charge in [0, 0.05) is 29.8 Å². The van der Waals surface area contributed by atoms with Crippen LogP contribution >= 0.6 is 0 Å². The predicted octanol–water partition coefficient (Wildman–Crippen LogP) is 2.68. The van der Waals surface area contributed by atoms with Gasteiger partial charge in [-0.25, -0.2) is 0 Å². The number of aryl methyl sites for hydroxylation is 1. The second-order valence-corrected chi connectivity index (χ2v) is 3.66. The summed E-state index contributed by atoms with van der Waals surface area (Å²) in [7, 11) is 0. The Morgan fingerprint density at radius 2 is 1.94 bits per heavy atom. The molecule has 2 aromatic rings. The number of allylic oxidation sites excluding steroid dienone is 1. The van der Waals surface area contributed by atoms with Gasteiger partial charge in [-0.3, -0.25) is 14.8 Å². The molecule has 0 radical (unpaired) electrons. The number of hydrogen-bond acceptors (Lipinski definition) is 3. The molecule has 3 nitrogen and oxygen atoms in total. The minimum absolute atomic E-state index is 0.0261. The molecule has 0 aliphatic heterocycles. The van der Waals surface area contributed by atoms with E-state index in [2.05, 4.69) is 9.97 Å². The van der Waals surface area contributed by atoms with Crippen LogP contribution in [-0.2, 0) is 0 Å². The Balaban J connectivity index is 2.14. The van der Waals surface area contributed by atoms with E-state index in [1.807, 2.05) is 19.1 Å². The van der Waals surface area contributed by atoms with Crippen LogP contribution in [0.5, 0.6) is 0 Å². The van der Waals surface area contributed by atoms with Crippen LogP contribution in [0.2, 0.25) is 0 Å². The highest BCUT2D eigenvalue weighted by Crippen LogP contribution is 2.05. The highest BCUT2D eigenvalue weighted by atomic mass is 16.1. The average molecular weight is 224 g/mol. The zero-order valence-electron chi connectivity index (χ0n) is 9.50. The SMILES string of the molecule is Cc1cc(C=CC(=O)c2ccncc2)ccn1. The second kappa shape index (κ2) is 5.16. The molecule has 0 fully saturated rings. The third kappa shape index (κ3) is 3.08. The van der Waals surface area contributed by atoms with E-state index >= 15 is 0 Å². The average Bonchev–Trinajstić information content (AvgIpc) is 2.37. The summed E-state index contributed by atoms with van der Waals surface area (Å²) in [5.41, 5.74) is 2.55. The van der Waals surface area contributed by atoms with Crippen molar-refractivity contribution in [2.24, 2.45) is 0 Å². The van der Waals surface area contributed by atoms with Crippen molar-refractivity contribution in [3.05, 3.63) is 65.8 Å². The van der Waals surface area contributed by atoms with Crippen LogP contribution in [0.3, 0.4) is 0 Å². The number of carbonyl (C=O) groups is 1. The quantitative estimate of drug-likeness (QED) is 0.594. The van der Waals surface area contributed by atoms with E-state index in [0.717, 1.165) is 11.3 Å². The normalized spacial score (nSPS) is 10.6. The molecule has 0 N–H and O–H groups in total. The third-order valence-electron chi connectivity index (χ3n) is 2.31. The Morgan fingerprint density at radius 3 is 2.65 bits per heavy atom. The lowest BCUT2D eigenvalue weighted by Gasteiger charge is -1.95. The van der Waals surface area contributed by atoms with Crippen molar-refractivity contribution >= 4 is 11.9 Å². The number of hydrogen-bond donors (Lipinski definition) is 0. The van der Waals surface area contributed by atoms with Crippen LogP contribution in [0.1, 0.15) is 21.6 Å². The van der Waals surface area contributed by atoms with Gasteiger partial charge in [0.25, 0.3) is 0 Å². The standard InChI is InChI=1S/C14H12N2O/c1-11-10-12(4-9-16-11)2-3-14(17)13-5-7-15-8-6-13/h2-10H,1H3. The summed E-state index contributed by atoms with van der Waals surface area (Å²) < 4.78 is 0. The van der Waals surface area contributed by atoms with Crippen LogP contribution in [0.15, 0.2) is 48.9 Å². The number of nitrogens with zero attached hydrogens (tertiary/aromatic N) is 2. The van der Waals surface area contributed by atoms with Gasteiger partial charge in [0.1, 0.15) is 0 Å². The molecule has 84 valence electrons. The molecule has 0 aliphatic rings. The van der Waals surface area contributed by atoms with Gasteiger partial charge < -0.3 is 0 Å². The molecule has 2 rings (SSSR count). The van der Waals surface area contributed by atoms with Gasteiger partial charge in [-0.05, 0) is 42.8 Å². The molecule has 0 atom stereocenters. The van der Waals surface area contributed by atoms with Crippen LogP contribution < -0.4 is 0 Å². The second-order valence-electron chi connectivity index (χ2n) is 3.66. The molecule has 0 saturated carbocycles. The molecular formula is C14H12N2O. The maximum atomic E-state index is 11.8. The summed E-state index contributed by atoms with van der Waals surface area (Å²) in [5.74, 6) is -0.0261. The number of rotatable bonds is 3. The summed E-state index contributed by atoms with van der Waals surface area (Å²) in [6, 6.07) is 7.19. The first-order chi connectivity index (χ1) is 8.25. The van der Waals surface area contributed by atoms with Gasteiger partial charge in [-0.1, -0.05) is 6.08 Å². The fourth-order valence-electron chi connectivity index (χ4n) is 1.46. The Labute approximate surface area is 99.9 Å². The summed E-state index contributed by atoms with van der Waals surface area (Å²) in [6.45, 7) is 1.92. The number of ketones is 1. The first kappa shape index (κ1) is 11.2. The van der Waals surface area contributed by atoms with Gasteiger partial charge in [-0.2, -0.15) is 0 Å². The van der Waals surface area contributed by atoms with Gasteiger partial charge >= 0.3 is 0 Å². The summed E-state index contributed by atoms with van der Waals surface area (Å²) in [6.07, 6.45) is 8.29. The van der Waals surface area contributed by atoms with Gasteiger partial charge in [0.05, 0.1) is 0 Å². The molecule has 0 saturated heterocycles. The monoisotopic (exact) mass is 224 g/mol. The molecule has 0 bridgehead atoms. The number of pyridine rings is 2. The van der Waals surface area contributed by atoms with Crippen molar-refractivity contribution in [3.63, 3.8) is 0 Å². The lowest BCUT2D eigenvalue weighted by molar-refractivity contribution is 0.104. The molecule has 0 amide bonds. The zero-order chi connectivity index (χ0) is 12.1. The molecule has 0 aromatic carbocycles. The van der Waals surface area contributed by atoms with Gasteiger partial charge in [-0.15, -0.1) is 0 Å². The van der Waals surface area contributed by atoms with Crippen molar-refractivity contribution in [1.82, 2.24) is 9.97 Å². The predicted molar refractivity (Wildman–Crippen MR) is 66.6 cm³/mol. The van der Waals surface area contributed by atoms with E-state index in [4.69, 9.17) is 0 Å². The molecule has 0 spiro atoms. The van der Waals surface area contributed by atoms with E-state index in [1.165, 1.54) is 0 Å². The molecule has 0 aliphatic carbocycles. The van der Waals surface area contributed by atoms with E-state index in [-0.39, 0.29) is 5.78 Å². The minimum Gasteiger partial charge on any atom is -0.289 e. The molecular weight excluding hydrogens is 212 g/mol. The first-order valence-corrected chi connectivity index (χ1v) is 5.31. The lowest BCUT2D eigenvalue weighted by atomic mass is 10.1. The number of carbonyl (C=O) groups excluding carboxylic acids is 1. The molecule has 17 heavy (non-hydrogen) atoms. The van der Waals surface area contributed by atoms with Crippen LogP contribution in [0.25, 0.3) is 6.08 Å². The Kier molecular flexibility index (Phi) is 3.40. The smallest absolute Gasteiger partial charge is 0.185 e. The van der Waals surface area contributed by atoms with Crippen LogP contribution in [0, 0.1) is 6.92 Å². The minimum atomic E-state index is -0.0261. The Bertz CT molecular complexity index is 547. The highest BCUT2D eigenvalue weighted by Gasteiger charge is 1.99. The molecule has 0 unspecified atom stereocenters. The first-order valence-electron chi connectivity index (χ1n) is 5.31. The van der Waals surface area contributed by atoms with Crippen molar-refractivity contribution in [2.75, 3.05) is 0 Å². The summed E-state index contributed by atoms with van der Waals surface area (Å²) >= 11 is 0. The van der Waals surface area contributed by atoms with Gasteiger partial charge in [0.15, 0.2) is 5.78 Å². The Morgan fingerprint density at radius 1 is 1.18 bits per heavy atom. The maximum Gasteiger partial charge on any atom is 0.185 e. The summed E-state index contributed by atoms with van der Waals surface area (Å²) in [5, 5.41) is 0. The van der Waals surface area contributed by atoms with Crippen LogP contribution in [-0.4, -0.2) is 15.8 Å². The third-order valence-corrected chi connectivity index (χ3v) is 2.31. The largest absolute Gasteiger partial charge is 0.289 e. The van der Waals surface area contributed by atoms with Crippen LogP contribution in [0.4, 0.5) is 0 Å². The summed E-state index contributed by atoms with van der Waals surface area (Å²) in [4.78, 5) is 19.7. The van der Waals surface area contributed by atoms with Crippen molar-refractivity contribution in [2.45, 2.75) is 6.92 Å². The Hall–Kier alpha value is -2.29. The zero-order valence-corrected chi connectivity index (χ0v) is 9.50. The molecule has 3 heteroatoms. The lowest BCUT2D eigenvalue weighted by Crippen LogP contribution is -1.93.